The summed E-state index contributed by atoms with van der Waals surface area (Å²) in [5.74, 6) is 0. The first kappa shape index (κ1) is 16.7. The second kappa shape index (κ2) is 8.69. The molecule has 0 aliphatic rings. The van der Waals surface area contributed by atoms with Crippen molar-refractivity contribution < 1.29 is 0 Å². The van der Waals surface area contributed by atoms with Crippen LogP contribution in [0.2, 0.25) is 0 Å². The van der Waals surface area contributed by atoms with Gasteiger partial charge in [0.2, 0.25) is 0 Å². The quantitative estimate of drug-likeness (QED) is 0.672. The summed E-state index contributed by atoms with van der Waals surface area (Å²) in [7, 11) is 0. The van der Waals surface area contributed by atoms with E-state index < -0.39 is 0 Å². The van der Waals surface area contributed by atoms with Gasteiger partial charge in [-0.05, 0) is 48.5 Å². The largest absolute Gasteiger partial charge is 0.303 e. The SMILES string of the molecule is CCN(CC)CCN(Cc1cccs1)Cc1cc(C)cs1. The first-order valence-electron chi connectivity index (χ1n) is 7.72. The van der Waals surface area contributed by atoms with E-state index in [1.165, 1.54) is 15.3 Å². The second-order valence-corrected chi connectivity index (χ2v) is 7.44. The molecule has 0 unspecified atom stereocenters. The average molecular weight is 323 g/mol. The minimum atomic E-state index is 1.07. The van der Waals surface area contributed by atoms with Gasteiger partial charge in [0.15, 0.2) is 0 Å². The van der Waals surface area contributed by atoms with Gasteiger partial charge < -0.3 is 4.90 Å². The summed E-state index contributed by atoms with van der Waals surface area (Å²) in [5, 5.41) is 4.43. The van der Waals surface area contributed by atoms with E-state index in [9.17, 15) is 0 Å². The standard InChI is InChI=1S/C17H26N2S2/c1-4-18(5-2)8-9-19(12-16-7-6-10-20-16)13-17-11-15(3)14-21-17/h6-7,10-11,14H,4-5,8-9,12-13H2,1-3H3. The maximum absolute atomic E-state index is 2.58. The third-order valence-corrected chi connectivity index (χ3v) is 5.65. The van der Waals surface area contributed by atoms with Gasteiger partial charge in [-0.25, -0.2) is 0 Å². The third-order valence-electron chi connectivity index (χ3n) is 3.75. The Hall–Kier alpha value is -0.680. The predicted molar refractivity (Wildman–Crippen MR) is 95.3 cm³/mol. The Morgan fingerprint density at radius 2 is 1.67 bits per heavy atom. The van der Waals surface area contributed by atoms with Crippen molar-refractivity contribution in [3.8, 4) is 0 Å². The van der Waals surface area contributed by atoms with Crippen molar-refractivity contribution in [2.75, 3.05) is 26.2 Å². The lowest BCUT2D eigenvalue weighted by atomic mass is 10.3. The summed E-state index contributed by atoms with van der Waals surface area (Å²) >= 11 is 3.75. The van der Waals surface area contributed by atoms with Gasteiger partial charge in [-0.3, -0.25) is 4.90 Å². The van der Waals surface area contributed by atoms with E-state index in [0.29, 0.717) is 0 Å². The van der Waals surface area contributed by atoms with Crippen LogP contribution >= 0.6 is 22.7 Å². The fourth-order valence-corrected chi connectivity index (χ4v) is 4.12. The van der Waals surface area contributed by atoms with E-state index in [1.807, 2.05) is 22.7 Å². The van der Waals surface area contributed by atoms with Crippen molar-refractivity contribution in [3.05, 3.63) is 44.3 Å². The number of hydrogen-bond donors (Lipinski definition) is 0. The van der Waals surface area contributed by atoms with Crippen LogP contribution in [0.25, 0.3) is 0 Å². The van der Waals surface area contributed by atoms with Gasteiger partial charge in [-0.2, -0.15) is 0 Å². The van der Waals surface area contributed by atoms with Crippen molar-refractivity contribution in [1.29, 1.82) is 0 Å². The minimum Gasteiger partial charge on any atom is -0.303 e. The molecule has 0 N–H and O–H groups in total. The van der Waals surface area contributed by atoms with Crippen LogP contribution in [-0.2, 0) is 13.1 Å². The van der Waals surface area contributed by atoms with E-state index in [4.69, 9.17) is 0 Å². The predicted octanol–water partition coefficient (Wildman–Crippen LogP) is 4.46. The molecule has 2 aromatic rings. The third kappa shape index (κ3) is 5.55. The van der Waals surface area contributed by atoms with Gasteiger partial charge in [0.1, 0.15) is 0 Å². The molecule has 116 valence electrons. The molecule has 0 fully saturated rings. The number of nitrogens with zero attached hydrogens (tertiary/aromatic N) is 2. The van der Waals surface area contributed by atoms with Crippen molar-refractivity contribution in [2.24, 2.45) is 0 Å². The maximum Gasteiger partial charge on any atom is 0.0332 e. The van der Waals surface area contributed by atoms with Crippen LogP contribution in [0, 0.1) is 6.92 Å². The first-order chi connectivity index (χ1) is 10.2. The zero-order valence-electron chi connectivity index (χ0n) is 13.3. The molecular formula is C17H26N2S2. The fourth-order valence-electron chi connectivity index (χ4n) is 2.45. The highest BCUT2D eigenvalue weighted by molar-refractivity contribution is 7.10. The van der Waals surface area contributed by atoms with E-state index in [-0.39, 0.29) is 0 Å². The summed E-state index contributed by atoms with van der Waals surface area (Å²) in [4.78, 5) is 8.02. The summed E-state index contributed by atoms with van der Waals surface area (Å²) < 4.78 is 0. The lowest BCUT2D eigenvalue weighted by Crippen LogP contribution is -2.34. The Kier molecular flexibility index (Phi) is 6.90. The van der Waals surface area contributed by atoms with Crippen molar-refractivity contribution >= 4 is 22.7 Å². The van der Waals surface area contributed by atoms with Crippen LogP contribution in [0.4, 0.5) is 0 Å². The van der Waals surface area contributed by atoms with Crippen LogP contribution in [0.15, 0.2) is 29.0 Å². The Labute approximate surface area is 137 Å². The molecule has 0 aliphatic carbocycles. The van der Waals surface area contributed by atoms with Gasteiger partial charge in [-0.1, -0.05) is 19.9 Å². The average Bonchev–Trinajstić information content (AvgIpc) is 3.12. The first-order valence-corrected chi connectivity index (χ1v) is 9.48. The monoisotopic (exact) mass is 322 g/mol. The molecule has 0 spiro atoms. The number of rotatable bonds is 9. The molecule has 0 atom stereocenters. The Bertz CT molecular complexity index is 501. The zero-order chi connectivity index (χ0) is 15.1. The highest BCUT2D eigenvalue weighted by atomic mass is 32.1. The van der Waals surface area contributed by atoms with Gasteiger partial charge in [0.05, 0.1) is 0 Å². The second-order valence-electron chi connectivity index (χ2n) is 5.41. The van der Waals surface area contributed by atoms with Gasteiger partial charge in [0, 0.05) is 35.9 Å². The van der Waals surface area contributed by atoms with Gasteiger partial charge in [0.25, 0.3) is 0 Å². The summed E-state index contributed by atoms with van der Waals surface area (Å²) in [6.45, 7) is 13.4. The molecule has 2 nitrogen and oxygen atoms in total. The molecule has 0 amide bonds. The van der Waals surface area contributed by atoms with Crippen LogP contribution in [-0.4, -0.2) is 36.0 Å². The normalized spacial score (nSPS) is 11.7. The molecule has 21 heavy (non-hydrogen) atoms. The number of thiophene rings is 2. The van der Waals surface area contributed by atoms with E-state index >= 15 is 0 Å². The zero-order valence-corrected chi connectivity index (χ0v) is 15.0. The number of hydrogen-bond acceptors (Lipinski definition) is 4. The highest BCUT2D eigenvalue weighted by Gasteiger charge is 2.11. The van der Waals surface area contributed by atoms with Crippen molar-refractivity contribution in [3.63, 3.8) is 0 Å². The lowest BCUT2D eigenvalue weighted by molar-refractivity contribution is 0.204. The molecule has 2 heterocycles. The molecule has 2 aromatic heterocycles. The molecule has 0 radical (unpaired) electrons. The molecule has 0 saturated carbocycles. The maximum atomic E-state index is 2.58. The van der Waals surface area contributed by atoms with Crippen molar-refractivity contribution in [1.82, 2.24) is 9.80 Å². The number of aryl methyl sites for hydroxylation is 1. The smallest absolute Gasteiger partial charge is 0.0332 e. The van der Waals surface area contributed by atoms with Crippen LogP contribution in [0.5, 0.6) is 0 Å². The molecule has 0 bridgehead atoms. The molecule has 0 aromatic carbocycles. The number of likely N-dealkylation sites (N-methyl/N-ethyl adjacent to an activating group) is 1. The molecule has 4 heteroatoms. The van der Waals surface area contributed by atoms with Gasteiger partial charge in [-0.15, -0.1) is 22.7 Å². The van der Waals surface area contributed by atoms with Crippen molar-refractivity contribution in [2.45, 2.75) is 33.9 Å². The fraction of sp³-hybridized carbons (Fsp3) is 0.529. The summed E-state index contributed by atoms with van der Waals surface area (Å²) in [6, 6.07) is 6.72. The Balaban J connectivity index is 1.95. The molecule has 2 rings (SSSR count). The van der Waals surface area contributed by atoms with Crippen LogP contribution in [0.3, 0.4) is 0 Å². The lowest BCUT2D eigenvalue weighted by Gasteiger charge is -2.25. The molecule has 0 saturated heterocycles. The topological polar surface area (TPSA) is 6.48 Å². The van der Waals surface area contributed by atoms with Gasteiger partial charge >= 0.3 is 0 Å². The Morgan fingerprint density at radius 1 is 0.952 bits per heavy atom. The highest BCUT2D eigenvalue weighted by Crippen LogP contribution is 2.19. The van der Waals surface area contributed by atoms with Crippen LogP contribution in [0.1, 0.15) is 29.2 Å². The van der Waals surface area contributed by atoms with E-state index in [1.54, 1.807) is 0 Å². The molecule has 0 aliphatic heterocycles. The summed E-state index contributed by atoms with van der Waals surface area (Å²) in [5.41, 5.74) is 1.38. The van der Waals surface area contributed by atoms with Crippen LogP contribution < -0.4 is 0 Å². The van der Waals surface area contributed by atoms with E-state index in [2.05, 4.69) is 59.5 Å². The Morgan fingerprint density at radius 3 is 2.24 bits per heavy atom. The molecular weight excluding hydrogens is 296 g/mol. The summed E-state index contributed by atoms with van der Waals surface area (Å²) in [6.07, 6.45) is 0. The minimum absolute atomic E-state index is 1.07. The van der Waals surface area contributed by atoms with E-state index in [0.717, 1.165) is 39.3 Å².